The second-order valence-corrected chi connectivity index (χ2v) is 0. The fraction of sp³-hybridized carbons (Fsp3) is 0. The molecule has 0 atom stereocenters. The Hall–Kier alpha value is 4.20. The van der Waals surface area contributed by atoms with Gasteiger partial charge in [0.15, 0.2) is 0 Å². The molecule has 0 unspecified atom stereocenters. The van der Waals surface area contributed by atoms with Gasteiger partial charge < -0.3 is 0 Å². The van der Waals surface area contributed by atoms with E-state index >= 15 is 0 Å². The summed E-state index contributed by atoms with van der Waals surface area (Å²) in [6, 6.07) is 0. The van der Waals surface area contributed by atoms with E-state index in [0.29, 0.717) is 45.0 Å². The van der Waals surface area contributed by atoms with Crippen LogP contribution in [0.5, 0.6) is 0 Å². The van der Waals surface area contributed by atoms with Gasteiger partial charge in [-0.05, 0) is 0 Å². The maximum absolute atomic E-state index is 8.34. The van der Waals surface area contributed by atoms with Gasteiger partial charge in [-0.3, -0.25) is 0 Å². The molecule has 0 amide bonds. The summed E-state index contributed by atoms with van der Waals surface area (Å²) >= 11 is 0.600. The summed E-state index contributed by atoms with van der Waals surface area (Å²) < 4.78 is 16.7. The molecule has 0 aliphatic heterocycles. The normalized spacial score (nSPS) is 1.00. The summed E-state index contributed by atoms with van der Waals surface area (Å²) in [5, 5.41) is 0. The first-order valence-electron chi connectivity index (χ1n) is 0.408. The molecule has 0 saturated carbocycles. The first-order valence-corrected chi connectivity index (χ1v) is 2.74. The molecule has 0 rings (SSSR count). The van der Waals surface area contributed by atoms with Gasteiger partial charge >= 0.3 is 123 Å². The Morgan fingerprint density at radius 2 is 0.750 bits per heavy atom. The first-order chi connectivity index (χ1) is 2.00. The molecular formula is H9GaIn2O2Sn2Zn. The summed E-state index contributed by atoms with van der Waals surface area (Å²) in [5.41, 5.74) is 0. The number of hydrogen-bond acceptors (Lipinski definition) is 2. The molecule has 8 heteroatoms. The third kappa shape index (κ3) is 49.0. The Bertz CT molecular complexity index is 20.0. The third-order valence-electron chi connectivity index (χ3n) is 0. The van der Waals surface area contributed by atoms with Gasteiger partial charge in [-0.25, -0.2) is 0 Å². The van der Waals surface area contributed by atoms with Crippen LogP contribution in [0.15, 0.2) is 0 Å². The van der Waals surface area contributed by atoms with Gasteiger partial charge in [-0.1, -0.05) is 0 Å². The summed E-state index contributed by atoms with van der Waals surface area (Å²) in [7, 11) is 0. The van der Waals surface area contributed by atoms with Crippen LogP contribution in [0.2, 0.25) is 0 Å². The standard InChI is InChI=1S/Ga.2In.2O.2Sn.Zn.9H. The predicted molar refractivity (Wildman–Crippen MR) is 42.7 cm³/mol. The minimum Gasteiger partial charge on any atom is 0 e. The summed E-state index contributed by atoms with van der Waals surface area (Å²) in [5.74, 6) is 0. The molecule has 0 saturated heterocycles. The molecule has 0 N–H and O–H groups in total. The molecule has 0 spiro atoms. The topological polar surface area (TPSA) is 34.1 Å². The van der Waals surface area contributed by atoms with Crippen LogP contribution in [0, 0.1) is 0 Å². The van der Waals surface area contributed by atoms with E-state index in [1.165, 1.54) is 0 Å². The Morgan fingerprint density at radius 3 is 0.750 bits per heavy atom. The summed E-state index contributed by atoms with van der Waals surface area (Å²) in [6.07, 6.45) is 0. The molecule has 0 aliphatic rings. The van der Waals surface area contributed by atoms with Gasteiger partial charge in [0.05, 0.1) is 0 Å². The third-order valence-corrected chi connectivity index (χ3v) is 0. The van der Waals surface area contributed by atoms with Crippen LogP contribution < -0.4 is 0 Å². The van der Waals surface area contributed by atoms with Crippen molar-refractivity contribution in [3.05, 3.63) is 0 Å². The van der Waals surface area contributed by atoms with Crippen molar-refractivity contribution in [2.24, 2.45) is 0 Å². The van der Waals surface area contributed by atoms with Crippen molar-refractivity contribution in [2.45, 2.75) is 0 Å². The average molecular weight is 643 g/mol. The van der Waals surface area contributed by atoms with E-state index in [1.54, 1.807) is 0 Å². The van der Waals surface area contributed by atoms with Crippen LogP contribution in [-0.2, 0) is 25.6 Å². The number of rotatable bonds is 0. The molecular weight excluding hydrogens is 634 g/mol. The zero-order chi connectivity index (χ0) is 4.00. The van der Waals surface area contributed by atoms with E-state index in [-0.39, 0.29) is 91.0 Å². The second kappa shape index (κ2) is 66.1. The van der Waals surface area contributed by atoms with Crippen LogP contribution in [0.3, 0.4) is 0 Å². The quantitative estimate of drug-likeness (QED) is 0.250. The van der Waals surface area contributed by atoms with E-state index in [2.05, 4.69) is 0 Å². The van der Waals surface area contributed by atoms with Gasteiger partial charge in [0.1, 0.15) is 0 Å². The molecule has 0 aliphatic carbocycles. The minimum absolute atomic E-state index is 0. The van der Waals surface area contributed by atoms with Crippen molar-refractivity contribution in [3.63, 3.8) is 0 Å². The Balaban J connectivity index is -0.00000000167. The van der Waals surface area contributed by atoms with Crippen LogP contribution in [-0.4, -0.2) is 116 Å². The van der Waals surface area contributed by atoms with E-state index in [1.807, 2.05) is 0 Å². The zero-order valence-corrected chi connectivity index (χ0v) is 11.2. The molecule has 4 radical (unpaired) electrons. The minimum atomic E-state index is 0. The molecule has 0 aromatic rings. The molecule has 8 heavy (non-hydrogen) atoms. The number of hydrogen-bond donors (Lipinski definition) is 0. The maximum atomic E-state index is 8.34. The van der Waals surface area contributed by atoms with Gasteiger partial charge in [0, 0.05) is 19.5 Å². The van der Waals surface area contributed by atoms with Crippen LogP contribution in [0.1, 0.15) is 0 Å². The van der Waals surface area contributed by atoms with Gasteiger partial charge in [0.25, 0.3) is 0 Å². The van der Waals surface area contributed by atoms with E-state index < -0.39 is 0 Å². The molecule has 0 fully saturated rings. The van der Waals surface area contributed by atoms with Crippen molar-refractivity contribution < 1.29 is 25.6 Å². The fourth-order valence-electron chi connectivity index (χ4n) is 0. The Kier molecular flexibility index (Phi) is 329. The second-order valence-electron chi connectivity index (χ2n) is 0. The average Bonchev–Trinajstić information content (AvgIpc) is 1.50. The molecule has 0 bridgehead atoms. The maximum Gasteiger partial charge on any atom is 0 e. The SMILES string of the molecule is [GaH3].[InH3].[InH3].[O]=[Sn].[O]=[Sn].[Zn]. The van der Waals surface area contributed by atoms with Crippen molar-refractivity contribution in [2.75, 3.05) is 0 Å². The Labute approximate surface area is 139 Å². The summed E-state index contributed by atoms with van der Waals surface area (Å²) in [4.78, 5) is 0. The van der Waals surface area contributed by atoms with E-state index in [4.69, 9.17) is 6.15 Å². The molecule has 0 aromatic carbocycles. The van der Waals surface area contributed by atoms with Gasteiger partial charge in [-0.2, -0.15) is 0 Å². The van der Waals surface area contributed by atoms with E-state index in [0.717, 1.165) is 0 Å². The van der Waals surface area contributed by atoms with Crippen LogP contribution in [0.25, 0.3) is 0 Å². The van der Waals surface area contributed by atoms with Crippen molar-refractivity contribution in [3.8, 4) is 0 Å². The predicted octanol–water partition coefficient (Wildman–Crippen LogP) is -4.55. The monoisotopic (exact) mass is 644 g/mol. The first kappa shape index (κ1) is 39.8. The van der Waals surface area contributed by atoms with E-state index in [9.17, 15) is 0 Å². The van der Waals surface area contributed by atoms with Gasteiger partial charge in [0.2, 0.25) is 0 Å². The van der Waals surface area contributed by atoms with Crippen molar-refractivity contribution in [1.82, 2.24) is 0 Å². The fourth-order valence-corrected chi connectivity index (χ4v) is 0. The van der Waals surface area contributed by atoms with Gasteiger partial charge in [-0.15, -0.1) is 0 Å². The molecule has 40 valence electrons. The molecule has 0 aromatic heterocycles. The van der Waals surface area contributed by atoms with Crippen molar-refractivity contribution >= 4 is 116 Å². The Morgan fingerprint density at radius 1 is 0.750 bits per heavy atom. The smallest absolute Gasteiger partial charge is 0 e. The molecule has 0 heterocycles. The summed E-state index contributed by atoms with van der Waals surface area (Å²) in [6.45, 7) is 0. The van der Waals surface area contributed by atoms with Crippen LogP contribution >= 0.6 is 0 Å². The molecule has 2 nitrogen and oxygen atoms in total. The van der Waals surface area contributed by atoms with Crippen LogP contribution in [0.4, 0.5) is 0 Å². The largest absolute Gasteiger partial charge is 0 e. The van der Waals surface area contributed by atoms with Crippen molar-refractivity contribution in [1.29, 1.82) is 0 Å². The zero-order valence-electron chi connectivity index (χ0n) is 2.52.